The normalized spacial score (nSPS) is 15.8. The molecule has 192 valence electrons. The fourth-order valence-electron chi connectivity index (χ4n) is 3.32. The second-order valence-electron chi connectivity index (χ2n) is 7.66. The van der Waals surface area contributed by atoms with Gasteiger partial charge in [0.05, 0.1) is 27.8 Å². The van der Waals surface area contributed by atoms with Crippen LogP contribution < -0.4 is 14.8 Å². The van der Waals surface area contributed by atoms with Crippen LogP contribution in [-0.4, -0.2) is 17.7 Å². The number of amidine groups is 1. The highest BCUT2D eigenvalue weighted by molar-refractivity contribution is 8.18. The van der Waals surface area contributed by atoms with Crippen LogP contribution >= 0.6 is 35.0 Å². The molecule has 0 bridgehead atoms. The summed E-state index contributed by atoms with van der Waals surface area (Å²) in [5.41, 5.74) is 0.505. The van der Waals surface area contributed by atoms with Crippen LogP contribution in [0.15, 0.2) is 70.6 Å². The predicted molar refractivity (Wildman–Crippen MR) is 141 cm³/mol. The topological polar surface area (TPSA) is 59.9 Å². The number of hydrogen-bond acceptors (Lipinski definition) is 5. The minimum atomic E-state index is -4.62. The summed E-state index contributed by atoms with van der Waals surface area (Å²) in [4.78, 5) is 16.9. The molecule has 1 heterocycles. The summed E-state index contributed by atoms with van der Waals surface area (Å²) < 4.78 is 51.0. The third-order valence-corrected chi connectivity index (χ3v) is 6.65. The summed E-state index contributed by atoms with van der Waals surface area (Å²) >= 11 is 12.9. The lowest BCUT2D eigenvalue weighted by Crippen LogP contribution is -2.19. The van der Waals surface area contributed by atoms with E-state index >= 15 is 0 Å². The van der Waals surface area contributed by atoms with Crippen LogP contribution in [-0.2, 0) is 17.6 Å². The minimum absolute atomic E-state index is 0.0134. The molecule has 3 aromatic carbocycles. The van der Waals surface area contributed by atoms with Crippen molar-refractivity contribution in [2.45, 2.75) is 19.7 Å². The van der Waals surface area contributed by atoms with E-state index in [1.165, 1.54) is 6.07 Å². The molecule has 0 radical (unpaired) electrons. The van der Waals surface area contributed by atoms with Crippen LogP contribution in [0.1, 0.15) is 23.6 Å². The maximum absolute atomic E-state index is 13.1. The molecule has 1 fully saturated rings. The molecule has 1 aliphatic heterocycles. The number of halogens is 5. The molecule has 11 heteroatoms. The van der Waals surface area contributed by atoms with Crippen LogP contribution in [0.3, 0.4) is 0 Å². The Morgan fingerprint density at radius 1 is 1.00 bits per heavy atom. The van der Waals surface area contributed by atoms with Gasteiger partial charge in [-0.1, -0.05) is 47.5 Å². The molecule has 1 N–H and O–H groups in total. The molecule has 1 aliphatic rings. The van der Waals surface area contributed by atoms with Crippen LogP contribution in [0.5, 0.6) is 11.5 Å². The van der Waals surface area contributed by atoms with Gasteiger partial charge in [-0.2, -0.15) is 13.2 Å². The number of rotatable bonds is 7. The average molecular weight is 567 g/mol. The number of amides is 1. The van der Waals surface area contributed by atoms with Crippen molar-refractivity contribution in [1.29, 1.82) is 0 Å². The summed E-state index contributed by atoms with van der Waals surface area (Å²) in [7, 11) is 0. The minimum Gasteiger partial charge on any atom is -0.490 e. The molecule has 0 saturated carbocycles. The molecule has 1 saturated heterocycles. The Bertz CT molecular complexity index is 1390. The predicted octanol–water partition coefficient (Wildman–Crippen LogP) is 7.88. The number of carbonyl (C=O) groups is 1. The van der Waals surface area contributed by atoms with Crippen molar-refractivity contribution in [3.8, 4) is 11.5 Å². The maximum atomic E-state index is 13.1. The summed E-state index contributed by atoms with van der Waals surface area (Å²) in [6, 6.07) is 15.9. The zero-order chi connectivity index (χ0) is 26.6. The SMILES string of the molecule is CCOc1cc(C=C2SC(=Nc3ccc(Cl)c(C(F)(F)F)c3)NC2=O)ccc1OCc1ccccc1Cl. The Kier molecular flexibility index (Phi) is 8.36. The van der Waals surface area contributed by atoms with Gasteiger partial charge in [0.25, 0.3) is 5.91 Å². The van der Waals surface area contributed by atoms with Crippen LogP contribution in [0, 0.1) is 0 Å². The number of nitrogens with zero attached hydrogens (tertiary/aromatic N) is 1. The van der Waals surface area contributed by atoms with E-state index in [2.05, 4.69) is 10.3 Å². The number of carbonyl (C=O) groups excluding carboxylic acids is 1. The number of hydrogen-bond donors (Lipinski definition) is 1. The third kappa shape index (κ3) is 6.80. The molecular weight excluding hydrogens is 548 g/mol. The molecule has 5 nitrogen and oxygen atoms in total. The van der Waals surface area contributed by atoms with Gasteiger partial charge in [0.15, 0.2) is 16.7 Å². The zero-order valence-electron chi connectivity index (χ0n) is 19.2. The maximum Gasteiger partial charge on any atom is 0.417 e. The molecule has 3 aromatic rings. The molecular formula is C26H19Cl2F3N2O3S. The highest BCUT2D eigenvalue weighted by atomic mass is 35.5. The van der Waals surface area contributed by atoms with Crippen molar-refractivity contribution in [3.63, 3.8) is 0 Å². The monoisotopic (exact) mass is 566 g/mol. The quantitative estimate of drug-likeness (QED) is 0.295. The van der Waals surface area contributed by atoms with Crippen molar-refractivity contribution in [3.05, 3.63) is 92.3 Å². The number of nitrogens with one attached hydrogen (secondary N) is 1. The van der Waals surface area contributed by atoms with Crippen molar-refractivity contribution < 1.29 is 27.4 Å². The van der Waals surface area contributed by atoms with Gasteiger partial charge in [-0.25, -0.2) is 4.99 Å². The van der Waals surface area contributed by atoms with Gasteiger partial charge in [0.1, 0.15) is 6.61 Å². The number of benzene rings is 3. The molecule has 0 atom stereocenters. The summed E-state index contributed by atoms with van der Waals surface area (Å²) in [5, 5.41) is 2.88. The van der Waals surface area contributed by atoms with Crippen molar-refractivity contribution >= 4 is 57.8 Å². The molecule has 1 amide bonds. The highest BCUT2D eigenvalue weighted by Crippen LogP contribution is 2.38. The highest BCUT2D eigenvalue weighted by Gasteiger charge is 2.33. The Hall–Kier alpha value is -3.14. The standard InChI is InChI=1S/C26H19Cl2F3N2O3S/c1-2-35-22-11-15(7-10-21(22)36-14-16-5-3-4-6-19(16)27)12-23-24(34)33-25(37-23)32-17-8-9-20(28)18(13-17)26(29,30)31/h3-13H,2,14H2,1H3,(H,32,33,34). The van der Waals surface area contributed by atoms with Crippen LogP contribution in [0.2, 0.25) is 10.0 Å². The van der Waals surface area contributed by atoms with Crippen molar-refractivity contribution in [2.24, 2.45) is 4.99 Å². The first-order valence-corrected chi connectivity index (χ1v) is 12.5. The van der Waals surface area contributed by atoms with E-state index in [0.29, 0.717) is 33.6 Å². The molecule has 0 unspecified atom stereocenters. The second kappa shape index (κ2) is 11.5. The number of thioether (sulfide) groups is 1. The van der Waals surface area contributed by atoms with E-state index < -0.39 is 22.7 Å². The van der Waals surface area contributed by atoms with Gasteiger partial charge in [0, 0.05) is 10.6 Å². The van der Waals surface area contributed by atoms with Crippen LogP contribution in [0.4, 0.5) is 18.9 Å². The van der Waals surface area contributed by atoms with Gasteiger partial charge in [0.2, 0.25) is 0 Å². The number of aliphatic imine (C=N–C) groups is 1. The van der Waals surface area contributed by atoms with Crippen LogP contribution in [0.25, 0.3) is 6.08 Å². The smallest absolute Gasteiger partial charge is 0.417 e. The number of alkyl halides is 3. The van der Waals surface area contributed by atoms with E-state index in [1.54, 1.807) is 30.3 Å². The fourth-order valence-corrected chi connectivity index (χ4v) is 4.58. The first-order chi connectivity index (χ1) is 17.6. The second-order valence-corrected chi connectivity index (χ2v) is 9.51. The summed E-state index contributed by atoms with van der Waals surface area (Å²) in [6.45, 7) is 2.49. The Morgan fingerprint density at radius 2 is 1.78 bits per heavy atom. The zero-order valence-corrected chi connectivity index (χ0v) is 21.6. The lowest BCUT2D eigenvalue weighted by molar-refractivity contribution is -0.137. The van der Waals surface area contributed by atoms with E-state index in [1.807, 2.05) is 25.1 Å². The summed E-state index contributed by atoms with van der Waals surface area (Å²) in [6.07, 6.45) is -2.99. The van der Waals surface area contributed by atoms with E-state index in [-0.39, 0.29) is 17.5 Å². The van der Waals surface area contributed by atoms with Gasteiger partial charge in [-0.3, -0.25) is 4.79 Å². The van der Waals surface area contributed by atoms with Crippen molar-refractivity contribution in [1.82, 2.24) is 5.32 Å². The Labute approximate surface area is 225 Å². The van der Waals surface area contributed by atoms with Gasteiger partial charge in [-0.05, 0) is 66.7 Å². The molecule has 0 spiro atoms. The third-order valence-electron chi connectivity index (χ3n) is 5.04. The fraction of sp³-hybridized carbons (Fsp3) is 0.154. The van der Waals surface area contributed by atoms with Gasteiger partial charge in [-0.15, -0.1) is 0 Å². The first kappa shape index (κ1) is 26.9. The lowest BCUT2D eigenvalue weighted by Gasteiger charge is -2.13. The van der Waals surface area contributed by atoms with E-state index in [0.717, 1.165) is 29.5 Å². The Balaban J connectivity index is 1.53. The summed E-state index contributed by atoms with van der Waals surface area (Å²) in [5.74, 6) is 0.575. The first-order valence-electron chi connectivity index (χ1n) is 10.9. The molecule has 4 rings (SSSR count). The lowest BCUT2D eigenvalue weighted by atomic mass is 10.2. The van der Waals surface area contributed by atoms with Crippen molar-refractivity contribution in [2.75, 3.05) is 6.61 Å². The number of ether oxygens (including phenoxy) is 2. The van der Waals surface area contributed by atoms with E-state index in [4.69, 9.17) is 32.7 Å². The van der Waals surface area contributed by atoms with Gasteiger partial charge < -0.3 is 14.8 Å². The Morgan fingerprint density at radius 3 is 2.51 bits per heavy atom. The van der Waals surface area contributed by atoms with Gasteiger partial charge >= 0.3 is 6.18 Å². The molecule has 37 heavy (non-hydrogen) atoms. The molecule has 0 aliphatic carbocycles. The van der Waals surface area contributed by atoms with E-state index in [9.17, 15) is 18.0 Å². The largest absolute Gasteiger partial charge is 0.490 e. The average Bonchev–Trinajstić information content (AvgIpc) is 3.18. The molecule has 0 aromatic heterocycles.